The Balaban J connectivity index is 2.36. The number of esters is 1. The number of nitro groups is 1. The number of non-ortho nitro benzene ring substituents is 1. The molecule has 0 aliphatic carbocycles. The lowest BCUT2D eigenvalue weighted by molar-refractivity contribution is -0.384. The molecular weight excluding hydrogens is 278 g/mol. The molecule has 0 saturated carbocycles. The molecule has 0 radical (unpaired) electrons. The molecule has 0 amide bonds. The Morgan fingerprint density at radius 1 is 1.38 bits per heavy atom. The van der Waals surface area contributed by atoms with Gasteiger partial charge >= 0.3 is 5.97 Å². The molecule has 1 heterocycles. The molecule has 0 aliphatic rings. The van der Waals surface area contributed by atoms with Gasteiger partial charge in [0.15, 0.2) is 5.75 Å². The number of ether oxygens (including phenoxy) is 2. The summed E-state index contributed by atoms with van der Waals surface area (Å²) in [5.74, 6) is -0.318. The highest BCUT2D eigenvalue weighted by Crippen LogP contribution is 2.21. The van der Waals surface area contributed by atoms with E-state index in [0.717, 1.165) is 0 Å². The molecule has 8 nitrogen and oxygen atoms in total. The summed E-state index contributed by atoms with van der Waals surface area (Å²) in [5.41, 5.74) is 0.593. The first-order valence-electron chi connectivity index (χ1n) is 6.12. The fourth-order valence-electron chi connectivity index (χ4n) is 1.71. The molecule has 2 rings (SSSR count). The number of benzene rings is 1. The average molecular weight is 291 g/mol. The number of carbonyl (C=O) groups excluding carboxylic acids is 1. The van der Waals surface area contributed by atoms with Crippen LogP contribution in [0.5, 0.6) is 5.75 Å². The van der Waals surface area contributed by atoms with E-state index in [2.05, 4.69) is 5.10 Å². The summed E-state index contributed by atoms with van der Waals surface area (Å²) in [7, 11) is 1.42. The van der Waals surface area contributed by atoms with Crippen LogP contribution in [-0.2, 0) is 4.74 Å². The Bertz CT molecular complexity index is 663. The van der Waals surface area contributed by atoms with Crippen LogP contribution < -0.4 is 4.74 Å². The van der Waals surface area contributed by atoms with Gasteiger partial charge in [-0.15, -0.1) is 0 Å². The fraction of sp³-hybridized carbons (Fsp3) is 0.231. The highest BCUT2D eigenvalue weighted by atomic mass is 16.6. The first-order chi connectivity index (χ1) is 10.1. The molecule has 8 heteroatoms. The van der Waals surface area contributed by atoms with Crippen molar-refractivity contribution < 1.29 is 19.2 Å². The lowest BCUT2D eigenvalue weighted by Crippen LogP contribution is -2.07. The summed E-state index contributed by atoms with van der Waals surface area (Å²) in [6.45, 7) is 1.92. The zero-order valence-corrected chi connectivity index (χ0v) is 11.5. The molecular formula is C13H13N3O5. The quantitative estimate of drug-likeness (QED) is 0.474. The lowest BCUT2D eigenvalue weighted by Gasteiger charge is -2.00. The van der Waals surface area contributed by atoms with Crippen LogP contribution in [0, 0.1) is 10.1 Å². The summed E-state index contributed by atoms with van der Waals surface area (Å²) in [6.07, 6.45) is 1.51. The summed E-state index contributed by atoms with van der Waals surface area (Å²) in [6, 6.07) is 5.76. The van der Waals surface area contributed by atoms with Crippen LogP contribution >= 0.6 is 0 Å². The van der Waals surface area contributed by atoms with Gasteiger partial charge in [-0.1, -0.05) is 0 Å². The number of carbonyl (C=O) groups is 1. The topological polar surface area (TPSA) is 96.5 Å². The molecule has 0 atom stereocenters. The lowest BCUT2D eigenvalue weighted by atomic mass is 10.3. The predicted molar refractivity (Wildman–Crippen MR) is 72.7 cm³/mol. The number of aromatic nitrogens is 2. The second kappa shape index (κ2) is 6.04. The van der Waals surface area contributed by atoms with Crippen LogP contribution in [0.15, 0.2) is 30.5 Å². The zero-order chi connectivity index (χ0) is 15.4. The molecule has 0 bridgehead atoms. The van der Waals surface area contributed by atoms with Crippen molar-refractivity contribution in [2.24, 2.45) is 0 Å². The molecule has 0 saturated heterocycles. The van der Waals surface area contributed by atoms with Gasteiger partial charge in [-0.2, -0.15) is 5.10 Å². The van der Waals surface area contributed by atoms with Crippen molar-refractivity contribution in [1.29, 1.82) is 0 Å². The number of hydrogen-bond donors (Lipinski definition) is 0. The highest BCUT2D eigenvalue weighted by Gasteiger charge is 2.19. The van der Waals surface area contributed by atoms with Gasteiger partial charge in [0.05, 0.1) is 30.5 Å². The smallest absolute Gasteiger partial charge is 0.362 e. The van der Waals surface area contributed by atoms with E-state index >= 15 is 0 Å². The van der Waals surface area contributed by atoms with Crippen molar-refractivity contribution in [3.63, 3.8) is 0 Å². The minimum absolute atomic E-state index is 0.0245. The monoisotopic (exact) mass is 291 g/mol. The van der Waals surface area contributed by atoms with E-state index < -0.39 is 10.9 Å². The summed E-state index contributed by atoms with van der Waals surface area (Å²) < 4.78 is 11.4. The molecule has 21 heavy (non-hydrogen) atoms. The summed E-state index contributed by atoms with van der Waals surface area (Å²) in [4.78, 5) is 21.9. The van der Waals surface area contributed by atoms with Crippen LogP contribution in [-0.4, -0.2) is 34.4 Å². The maximum absolute atomic E-state index is 11.7. The number of hydrogen-bond acceptors (Lipinski definition) is 6. The van der Waals surface area contributed by atoms with Gasteiger partial charge in [-0.05, 0) is 19.1 Å². The third kappa shape index (κ3) is 2.99. The van der Waals surface area contributed by atoms with Gasteiger partial charge in [0.25, 0.3) is 5.69 Å². The van der Waals surface area contributed by atoms with E-state index in [0.29, 0.717) is 5.69 Å². The number of rotatable bonds is 5. The van der Waals surface area contributed by atoms with Crippen LogP contribution in [0.4, 0.5) is 5.69 Å². The fourth-order valence-corrected chi connectivity index (χ4v) is 1.71. The number of methoxy groups -OCH3 is 1. The first-order valence-corrected chi connectivity index (χ1v) is 6.12. The highest BCUT2D eigenvalue weighted by molar-refractivity contribution is 5.90. The Labute approximate surface area is 120 Å². The Morgan fingerprint density at radius 2 is 2.05 bits per heavy atom. The van der Waals surface area contributed by atoms with E-state index in [9.17, 15) is 14.9 Å². The summed E-state index contributed by atoms with van der Waals surface area (Å²) >= 11 is 0. The van der Waals surface area contributed by atoms with Gasteiger partial charge in [-0.25, -0.2) is 9.48 Å². The minimum Gasteiger partial charge on any atom is -0.493 e. The van der Waals surface area contributed by atoms with Crippen molar-refractivity contribution in [2.75, 3.05) is 13.7 Å². The van der Waals surface area contributed by atoms with Crippen molar-refractivity contribution in [3.8, 4) is 11.4 Å². The third-order valence-corrected chi connectivity index (χ3v) is 2.69. The zero-order valence-electron chi connectivity index (χ0n) is 11.5. The van der Waals surface area contributed by atoms with Crippen molar-refractivity contribution in [3.05, 3.63) is 46.3 Å². The third-order valence-electron chi connectivity index (χ3n) is 2.69. The molecule has 0 unspecified atom stereocenters. The Morgan fingerprint density at radius 3 is 2.57 bits per heavy atom. The normalized spacial score (nSPS) is 10.2. The van der Waals surface area contributed by atoms with Crippen molar-refractivity contribution >= 4 is 11.7 Å². The predicted octanol–water partition coefficient (Wildman–Crippen LogP) is 1.97. The van der Waals surface area contributed by atoms with Crippen molar-refractivity contribution in [1.82, 2.24) is 9.78 Å². The molecule has 2 aromatic rings. The second-order valence-electron chi connectivity index (χ2n) is 3.98. The molecule has 0 aliphatic heterocycles. The van der Waals surface area contributed by atoms with Gasteiger partial charge in [0, 0.05) is 12.1 Å². The Hall–Kier alpha value is -2.90. The van der Waals surface area contributed by atoms with Crippen LogP contribution in [0.2, 0.25) is 0 Å². The number of nitro benzene ring substituents is 1. The molecule has 110 valence electrons. The van der Waals surface area contributed by atoms with Crippen LogP contribution in [0.25, 0.3) is 5.69 Å². The maximum atomic E-state index is 11.7. The SMILES string of the molecule is CCOC(=O)c1nn(-c2ccc([N+](=O)[O-])cc2)cc1OC. The molecule has 1 aromatic carbocycles. The van der Waals surface area contributed by atoms with E-state index in [-0.39, 0.29) is 23.7 Å². The van der Waals surface area contributed by atoms with Gasteiger partial charge in [0.1, 0.15) is 0 Å². The largest absolute Gasteiger partial charge is 0.493 e. The molecule has 0 N–H and O–H groups in total. The number of nitrogens with zero attached hydrogens (tertiary/aromatic N) is 3. The van der Waals surface area contributed by atoms with Gasteiger partial charge < -0.3 is 9.47 Å². The molecule has 0 fully saturated rings. The van der Waals surface area contributed by atoms with Crippen LogP contribution in [0.1, 0.15) is 17.4 Å². The average Bonchev–Trinajstić information content (AvgIpc) is 2.92. The van der Waals surface area contributed by atoms with E-state index in [1.54, 1.807) is 6.92 Å². The summed E-state index contributed by atoms with van der Waals surface area (Å²) in [5, 5.41) is 14.7. The molecule has 0 spiro atoms. The van der Waals surface area contributed by atoms with E-state index in [1.165, 1.54) is 42.3 Å². The standard InChI is InChI=1S/C13H13N3O5/c1-3-21-13(17)12-11(20-2)8-15(14-12)9-4-6-10(7-5-9)16(18)19/h4-8H,3H2,1-2H3. The van der Waals surface area contributed by atoms with Gasteiger partial charge in [-0.3, -0.25) is 10.1 Å². The second-order valence-corrected chi connectivity index (χ2v) is 3.98. The van der Waals surface area contributed by atoms with Crippen molar-refractivity contribution in [2.45, 2.75) is 6.92 Å². The Kier molecular flexibility index (Phi) is 4.17. The van der Waals surface area contributed by atoms with Crippen LogP contribution in [0.3, 0.4) is 0 Å². The minimum atomic E-state index is -0.588. The first kappa shape index (κ1) is 14.5. The molecule has 1 aromatic heterocycles. The van der Waals surface area contributed by atoms with E-state index in [1.807, 2.05) is 0 Å². The van der Waals surface area contributed by atoms with E-state index in [4.69, 9.17) is 9.47 Å². The maximum Gasteiger partial charge on any atom is 0.362 e. The van der Waals surface area contributed by atoms with Gasteiger partial charge in [0.2, 0.25) is 5.69 Å².